The van der Waals surface area contributed by atoms with Crippen LogP contribution in [0.25, 0.3) is 0 Å². The summed E-state index contributed by atoms with van der Waals surface area (Å²) in [4.78, 5) is 0. The molecule has 0 aliphatic heterocycles. The van der Waals surface area contributed by atoms with Crippen molar-refractivity contribution >= 4 is 0 Å². The molecule has 1 N–H and O–H groups in total. The molecule has 4 nitrogen and oxygen atoms in total. The third-order valence-corrected chi connectivity index (χ3v) is 2.61. The molecule has 0 aromatic rings. The predicted octanol–water partition coefficient (Wildman–Crippen LogP) is 1.44. The van der Waals surface area contributed by atoms with Crippen molar-refractivity contribution in [3.8, 4) is 0 Å². The van der Waals surface area contributed by atoms with Gasteiger partial charge in [0.05, 0.1) is 18.8 Å². The van der Waals surface area contributed by atoms with Crippen LogP contribution < -0.4 is 5.32 Å². The van der Waals surface area contributed by atoms with Crippen molar-refractivity contribution in [3.63, 3.8) is 0 Å². The standard InChI is InChI=1S/C12H27NO3/c1-5-12(2,11-13-3)16-10-9-15-8-6-7-14-4/h13H,5-11H2,1-4H3. The smallest absolute Gasteiger partial charge is 0.0776 e. The molecule has 0 aliphatic carbocycles. The molecule has 4 heteroatoms. The molecule has 16 heavy (non-hydrogen) atoms. The number of ether oxygens (including phenoxy) is 3. The number of likely N-dealkylation sites (N-methyl/N-ethyl adjacent to an activating group) is 1. The lowest BCUT2D eigenvalue weighted by Crippen LogP contribution is -2.39. The normalized spacial score (nSPS) is 15.0. The minimum Gasteiger partial charge on any atom is -0.385 e. The van der Waals surface area contributed by atoms with Gasteiger partial charge in [-0.3, -0.25) is 0 Å². The van der Waals surface area contributed by atoms with Gasteiger partial charge in [-0.15, -0.1) is 0 Å². The van der Waals surface area contributed by atoms with Gasteiger partial charge in [-0.2, -0.15) is 0 Å². The molecule has 0 fully saturated rings. The van der Waals surface area contributed by atoms with Gasteiger partial charge < -0.3 is 19.5 Å². The van der Waals surface area contributed by atoms with E-state index in [0.29, 0.717) is 13.2 Å². The topological polar surface area (TPSA) is 39.7 Å². The fourth-order valence-electron chi connectivity index (χ4n) is 1.41. The molecule has 0 heterocycles. The summed E-state index contributed by atoms with van der Waals surface area (Å²) < 4.78 is 16.2. The van der Waals surface area contributed by atoms with Gasteiger partial charge in [-0.1, -0.05) is 6.92 Å². The summed E-state index contributed by atoms with van der Waals surface area (Å²) in [5.41, 5.74) is -0.0787. The van der Waals surface area contributed by atoms with Crippen molar-refractivity contribution in [1.29, 1.82) is 0 Å². The number of hydrogen-bond acceptors (Lipinski definition) is 4. The van der Waals surface area contributed by atoms with E-state index < -0.39 is 0 Å². The molecular formula is C12H27NO3. The summed E-state index contributed by atoms with van der Waals surface area (Å²) in [7, 11) is 3.64. The van der Waals surface area contributed by atoms with Gasteiger partial charge in [0.25, 0.3) is 0 Å². The highest BCUT2D eigenvalue weighted by Gasteiger charge is 2.21. The minimum atomic E-state index is -0.0787. The van der Waals surface area contributed by atoms with Crippen LogP contribution >= 0.6 is 0 Å². The average Bonchev–Trinajstić information content (AvgIpc) is 2.28. The second kappa shape index (κ2) is 10.0. The van der Waals surface area contributed by atoms with Crippen LogP contribution in [0.2, 0.25) is 0 Å². The van der Waals surface area contributed by atoms with Crippen LogP contribution in [0, 0.1) is 0 Å². The summed E-state index contributed by atoms with van der Waals surface area (Å²) in [5.74, 6) is 0. The average molecular weight is 233 g/mol. The van der Waals surface area contributed by atoms with E-state index in [1.807, 2.05) is 7.05 Å². The minimum absolute atomic E-state index is 0.0787. The zero-order valence-electron chi connectivity index (χ0n) is 11.2. The molecule has 0 saturated heterocycles. The number of rotatable bonds is 11. The van der Waals surface area contributed by atoms with E-state index in [1.54, 1.807) is 7.11 Å². The van der Waals surface area contributed by atoms with Crippen LogP contribution in [-0.2, 0) is 14.2 Å². The van der Waals surface area contributed by atoms with Gasteiger partial charge >= 0.3 is 0 Å². The molecule has 1 unspecified atom stereocenters. The zero-order chi connectivity index (χ0) is 12.3. The van der Waals surface area contributed by atoms with Crippen LogP contribution in [0.5, 0.6) is 0 Å². The molecule has 0 spiro atoms. The number of methoxy groups -OCH3 is 1. The van der Waals surface area contributed by atoms with Gasteiger partial charge in [-0.05, 0) is 26.8 Å². The first-order valence-corrected chi connectivity index (χ1v) is 6.03. The quantitative estimate of drug-likeness (QED) is 0.548. The molecule has 0 radical (unpaired) electrons. The van der Waals surface area contributed by atoms with Crippen molar-refractivity contribution in [2.24, 2.45) is 0 Å². The van der Waals surface area contributed by atoms with Crippen LogP contribution in [-0.4, -0.2) is 52.7 Å². The van der Waals surface area contributed by atoms with Crippen molar-refractivity contribution < 1.29 is 14.2 Å². The van der Waals surface area contributed by atoms with Crippen molar-refractivity contribution in [2.75, 3.05) is 47.1 Å². The molecule has 0 saturated carbocycles. The molecule has 1 atom stereocenters. The molecule has 0 aromatic heterocycles. The Balaban J connectivity index is 3.41. The van der Waals surface area contributed by atoms with E-state index in [4.69, 9.17) is 14.2 Å². The van der Waals surface area contributed by atoms with Gasteiger partial charge in [0.2, 0.25) is 0 Å². The van der Waals surface area contributed by atoms with E-state index in [1.165, 1.54) is 0 Å². The maximum absolute atomic E-state index is 5.81. The van der Waals surface area contributed by atoms with Crippen LogP contribution in [0.15, 0.2) is 0 Å². The Morgan fingerprint density at radius 2 is 1.88 bits per heavy atom. The Hall–Kier alpha value is -0.160. The Morgan fingerprint density at radius 1 is 1.12 bits per heavy atom. The van der Waals surface area contributed by atoms with Crippen molar-refractivity contribution in [1.82, 2.24) is 5.32 Å². The third-order valence-electron chi connectivity index (χ3n) is 2.61. The fourth-order valence-corrected chi connectivity index (χ4v) is 1.41. The number of hydrogen-bond donors (Lipinski definition) is 1. The second-order valence-corrected chi connectivity index (χ2v) is 4.14. The van der Waals surface area contributed by atoms with Crippen LogP contribution in [0.3, 0.4) is 0 Å². The van der Waals surface area contributed by atoms with Crippen LogP contribution in [0.4, 0.5) is 0 Å². The largest absolute Gasteiger partial charge is 0.385 e. The van der Waals surface area contributed by atoms with Gasteiger partial charge in [0.1, 0.15) is 0 Å². The highest BCUT2D eigenvalue weighted by atomic mass is 16.5. The Morgan fingerprint density at radius 3 is 2.44 bits per heavy atom. The summed E-state index contributed by atoms with van der Waals surface area (Å²) in [6, 6.07) is 0. The summed E-state index contributed by atoms with van der Waals surface area (Å²) in [5, 5.41) is 3.15. The lowest BCUT2D eigenvalue weighted by molar-refractivity contribution is -0.0577. The molecular weight excluding hydrogens is 206 g/mol. The van der Waals surface area contributed by atoms with Crippen LogP contribution in [0.1, 0.15) is 26.7 Å². The van der Waals surface area contributed by atoms with Crippen molar-refractivity contribution in [3.05, 3.63) is 0 Å². The fraction of sp³-hybridized carbons (Fsp3) is 1.00. The first-order chi connectivity index (χ1) is 7.68. The van der Waals surface area contributed by atoms with Crippen molar-refractivity contribution in [2.45, 2.75) is 32.3 Å². The Bertz CT molecular complexity index is 155. The lowest BCUT2D eigenvalue weighted by atomic mass is 10.0. The lowest BCUT2D eigenvalue weighted by Gasteiger charge is -2.28. The van der Waals surface area contributed by atoms with E-state index in [-0.39, 0.29) is 5.60 Å². The molecule has 0 aromatic carbocycles. The Kier molecular flexibility index (Phi) is 9.92. The van der Waals surface area contributed by atoms with E-state index in [2.05, 4.69) is 19.2 Å². The highest BCUT2D eigenvalue weighted by Crippen LogP contribution is 2.13. The monoisotopic (exact) mass is 233 g/mol. The summed E-state index contributed by atoms with van der Waals surface area (Å²) in [6.07, 6.45) is 1.94. The summed E-state index contributed by atoms with van der Waals surface area (Å²) in [6.45, 7) is 7.93. The first kappa shape index (κ1) is 15.8. The van der Waals surface area contributed by atoms with E-state index in [9.17, 15) is 0 Å². The molecule has 0 rings (SSSR count). The highest BCUT2D eigenvalue weighted by molar-refractivity contribution is 4.75. The van der Waals surface area contributed by atoms with Gasteiger partial charge in [0.15, 0.2) is 0 Å². The first-order valence-electron chi connectivity index (χ1n) is 6.03. The van der Waals surface area contributed by atoms with E-state index >= 15 is 0 Å². The van der Waals surface area contributed by atoms with Gasteiger partial charge in [0, 0.05) is 26.9 Å². The SMILES string of the molecule is CCC(C)(CNC)OCCOCCCOC. The second-order valence-electron chi connectivity index (χ2n) is 4.14. The molecule has 0 amide bonds. The van der Waals surface area contributed by atoms with Gasteiger partial charge in [-0.25, -0.2) is 0 Å². The summed E-state index contributed by atoms with van der Waals surface area (Å²) >= 11 is 0. The maximum atomic E-state index is 5.81. The molecule has 0 aliphatic rings. The molecule has 0 bridgehead atoms. The predicted molar refractivity (Wildman–Crippen MR) is 65.9 cm³/mol. The van der Waals surface area contributed by atoms with E-state index in [0.717, 1.165) is 32.6 Å². The zero-order valence-corrected chi connectivity index (χ0v) is 11.2. The maximum Gasteiger partial charge on any atom is 0.0776 e. The Labute approximate surface area is 99.6 Å². The number of nitrogens with one attached hydrogen (secondary N) is 1. The molecule has 98 valence electrons. The third kappa shape index (κ3) is 8.05.